The van der Waals surface area contributed by atoms with Crippen molar-refractivity contribution in [3.63, 3.8) is 0 Å². The highest BCUT2D eigenvalue weighted by Gasteiger charge is 2.31. The molecule has 1 aromatic heterocycles. The van der Waals surface area contributed by atoms with Crippen molar-refractivity contribution in [2.24, 2.45) is 0 Å². The molecule has 5 nitrogen and oxygen atoms in total. The summed E-state index contributed by atoms with van der Waals surface area (Å²) in [5.74, 6) is 3.14. The Kier molecular flexibility index (Phi) is 8.37. The SMILES string of the molecule is CCCCCCCCCc1c2[n+](cc3c(OC)c(OC)ccc13)CCc1cc(OC)c(OC)cc1-2. The van der Waals surface area contributed by atoms with Gasteiger partial charge in [0.25, 0.3) is 0 Å². The van der Waals surface area contributed by atoms with Gasteiger partial charge in [0.2, 0.25) is 5.69 Å². The third-order valence-corrected chi connectivity index (χ3v) is 7.28. The molecule has 2 aromatic carbocycles. The van der Waals surface area contributed by atoms with Crippen molar-refractivity contribution in [2.45, 2.75) is 71.3 Å². The standard InChI is InChI=1S/C30H40NO4/c1-6-7-8-9-10-11-12-13-23-22-14-15-26(32-2)30(35-5)25(22)20-31-17-16-21-18-27(33-3)28(34-4)19-24(21)29(23)31/h14-15,18-20H,6-13,16-17H2,1-5H3/q+1. The van der Waals surface area contributed by atoms with Crippen molar-refractivity contribution >= 4 is 10.8 Å². The average Bonchev–Trinajstić information content (AvgIpc) is 2.90. The number of hydrogen-bond acceptors (Lipinski definition) is 4. The number of aryl methyl sites for hydroxylation is 3. The summed E-state index contributed by atoms with van der Waals surface area (Å²) in [5, 5.41) is 2.35. The largest absolute Gasteiger partial charge is 0.493 e. The Bertz CT molecular complexity index is 1170. The zero-order valence-corrected chi connectivity index (χ0v) is 22.0. The molecule has 0 fully saturated rings. The van der Waals surface area contributed by atoms with Gasteiger partial charge in [-0.3, -0.25) is 0 Å². The predicted octanol–water partition coefficient (Wildman–Crippen LogP) is 6.68. The Labute approximate surface area is 210 Å². The second-order valence-electron chi connectivity index (χ2n) is 9.40. The molecule has 4 rings (SSSR count). The molecular weight excluding hydrogens is 438 g/mol. The third-order valence-electron chi connectivity index (χ3n) is 7.28. The molecule has 0 aliphatic carbocycles. The normalized spacial score (nSPS) is 12.3. The van der Waals surface area contributed by atoms with Crippen molar-refractivity contribution in [1.29, 1.82) is 0 Å². The number of ether oxygens (including phenoxy) is 4. The van der Waals surface area contributed by atoms with Gasteiger partial charge >= 0.3 is 0 Å². The van der Waals surface area contributed by atoms with Gasteiger partial charge in [-0.05, 0) is 42.7 Å². The maximum atomic E-state index is 5.84. The fourth-order valence-corrected chi connectivity index (χ4v) is 5.46. The summed E-state index contributed by atoms with van der Waals surface area (Å²) in [5.41, 5.74) is 5.22. The van der Waals surface area contributed by atoms with Crippen LogP contribution in [0.15, 0.2) is 30.5 Å². The van der Waals surface area contributed by atoms with E-state index in [0.29, 0.717) is 0 Å². The molecule has 0 spiro atoms. The van der Waals surface area contributed by atoms with E-state index in [1.807, 2.05) is 6.07 Å². The summed E-state index contributed by atoms with van der Waals surface area (Å²) in [6.07, 6.45) is 13.3. The number of fused-ring (bicyclic) bond motifs is 4. The van der Waals surface area contributed by atoms with Gasteiger partial charge in [0, 0.05) is 17.4 Å². The number of hydrogen-bond donors (Lipinski definition) is 0. The van der Waals surface area contributed by atoms with Gasteiger partial charge < -0.3 is 18.9 Å². The summed E-state index contributed by atoms with van der Waals surface area (Å²) in [6.45, 7) is 3.19. The lowest BCUT2D eigenvalue weighted by molar-refractivity contribution is -0.686. The fourth-order valence-electron chi connectivity index (χ4n) is 5.46. The zero-order valence-electron chi connectivity index (χ0n) is 22.0. The van der Waals surface area contributed by atoms with Crippen molar-refractivity contribution in [1.82, 2.24) is 0 Å². The maximum absolute atomic E-state index is 5.84. The smallest absolute Gasteiger partial charge is 0.216 e. The van der Waals surface area contributed by atoms with Gasteiger partial charge in [-0.2, -0.15) is 4.57 Å². The fraction of sp³-hybridized carbons (Fsp3) is 0.500. The van der Waals surface area contributed by atoms with Crippen LogP contribution in [0.1, 0.15) is 63.0 Å². The molecule has 0 saturated carbocycles. The summed E-state index contributed by atoms with van der Waals surface area (Å²) in [4.78, 5) is 0. The highest BCUT2D eigenvalue weighted by molar-refractivity contribution is 5.95. The van der Waals surface area contributed by atoms with Crippen LogP contribution < -0.4 is 23.5 Å². The molecule has 3 aromatic rings. The molecule has 2 heterocycles. The number of aromatic nitrogens is 1. The molecule has 35 heavy (non-hydrogen) atoms. The lowest BCUT2D eigenvalue weighted by Crippen LogP contribution is -2.41. The first-order valence-corrected chi connectivity index (χ1v) is 13.0. The van der Waals surface area contributed by atoms with Crippen LogP contribution in [-0.4, -0.2) is 28.4 Å². The minimum absolute atomic E-state index is 0.769. The summed E-state index contributed by atoms with van der Waals surface area (Å²) < 4.78 is 25.1. The van der Waals surface area contributed by atoms with Crippen molar-refractivity contribution in [2.75, 3.05) is 28.4 Å². The third kappa shape index (κ3) is 5.05. The first kappa shape index (κ1) is 25.2. The minimum Gasteiger partial charge on any atom is -0.493 e. The Morgan fingerprint density at radius 1 is 0.743 bits per heavy atom. The molecule has 5 heteroatoms. The molecule has 0 radical (unpaired) electrons. The highest BCUT2D eigenvalue weighted by atomic mass is 16.5. The van der Waals surface area contributed by atoms with Crippen molar-refractivity contribution in [3.05, 3.63) is 41.6 Å². The molecule has 1 aliphatic heterocycles. The number of rotatable bonds is 12. The first-order chi connectivity index (χ1) is 17.2. The van der Waals surface area contributed by atoms with E-state index in [9.17, 15) is 0 Å². The number of pyridine rings is 1. The molecule has 1 aliphatic rings. The summed E-state index contributed by atoms with van der Waals surface area (Å²) in [6, 6.07) is 8.53. The van der Waals surface area contributed by atoms with E-state index < -0.39 is 0 Å². The number of benzene rings is 2. The van der Waals surface area contributed by atoms with Crippen molar-refractivity contribution in [3.8, 4) is 34.3 Å². The summed E-state index contributed by atoms with van der Waals surface area (Å²) in [7, 11) is 6.83. The molecule has 0 amide bonds. The molecule has 0 atom stereocenters. The van der Waals surface area contributed by atoms with E-state index in [2.05, 4.69) is 35.9 Å². The lowest BCUT2D eigenvalue weighted by Gasteiger charge is -2.22. The molecule has 188 valence electrons. The second-order valence-corrected chi connectivity index (χ2v) is 9.40. The Hall–Kier alpha value is -2.95. The van der Waals surface area contributed by atoms with E-state index in [0.717, 1.165) is 47.8 Å². The zero-order chi connectivity index (χ0) is 24.8. The van der Waals surface area contributed by atoms with Gasteiger partial charge in [0.15, 0.2) is 35.7 Å². The van der Waals surface area contributed by atoms with Crippen LogP contribution in [0.2, 0.25) is 0 Å². The molecule has 0 saturated heterocycles. The summed E-state index contributed by atoms with van der Waals surface area (Å²) >= 11 is 0. The van der Waals surface area contributed by atoms with Gasteiger partial charge in [0.1, 0.15) is 0 Å². The Morgan fingerprint density at radius 3 is 2.11 bits per heavy atom. The van der Waals surface area contributed by atoms with E-state index in [4.69, 9.17) is 18.9 Å². The number of methoxy groups -OCH3 is 4. The van der Waals surface area contributed by atoms with Gasteiger partial charge in [-0.25, -0.2) is 0 Å². The topological polar surface area (TPSA) is 40.8 Å². The monoisotopic (exact) mass is 478 g/mol. The number of unbranched alkanes of at least 4 members (excludes halogenated alkanes) is 6. The van der Waals surface area contributed by atoms with Crippen LogP contribution in [0.4, 0.5) is 0 Å². The lowest BCUT2D eigenvalue weighted by atomic mass is 9.89. The minimum atomic E-state index is 0.769. The van der Waals surface area contributed by atoms with Crippen LogP contribution >= 0.6 is 0 Å². The molecular formula is C30H40NO4+. The maximum Gasteiger partial charge on any atom is 0.216 e. The first-order valence-electron chi connectivity index (χ1n) is 13.0. The van der Waals surface area contributed by atoms with Crippen LogP contribution in [0, 0.1) is 0 Å². The van der Waals surface area contributed by atoms with Gasteiger partial charge in [0.05, 0.1) is 39.4 Å². The second kappa shape index (κ2) is 11.7. The highest BCUT2D eigenvalue weighted by Crippen LogP contribution is 2.42. The molecule has 0 N–H and O–H groups in total. The molecule has 0 bridgehead atoms. The quantitative estimate of drug-likeness (QED) is 0.215. The number of nitrogens with zero attached hydrogens (tertiary/aromatic N) is 1. The average molecular weight is 479 g/mol. The Morgan fingerprint density at radius 2 is 1.43 bits per heavy atom. The van der Waals surface area contributed by atoms with Gasteiger partial charge in [-0.1, -0.05) is 45.4 Å². The van der Waals surface area contributed by atoms with Crippen LogP contribution in [0.3, 0.4) is 0 Å². The van der Waals surface area contributed by atoms with Crippen LogP contribution in [-0.2, 0) is 19.4 Å². The van der Waals surface area contributed by atoms with Crippen molar-refractivity contribution < 1.29 is 23.5 Å². The predicted molar refractivity (Wildman–Crippen MR) is 141 cm³/mol. The van der Waals surface area contributed by atoms with Crippen LogP contribution in [0.25, 0.3) is 22.0 Å². The van der Waals surface area contributed by atoms with E-state index in [1.165, 1.54) is 72.7 Å². The van der Waals surface area contributed by atoms with E-state index in [-0.39, 0.29) is 0 Å². The van der Waals surface area contributed by atoms with E-state index >= 15 is 0 Å². The van der Waals surface area contributed by atoms with Gasteiger partial charge in [-0.15, -0.1) is 0 Å². The Balaban J connectivity index is 1.81. The van der Waals surface area contributed by atoms with E-state index in [1.54, 1.807) is 28.4 Å². The van der Waals surface area contributed by atoms with Crippen LogP contribution in [0.5, 0.6) is 23.0 Å². The molecule has 0 unspecified atom stereocenters.